The fourth-order valence-corrected chi connectivity index (χ4v) is 10.1. The van der Waals surface area contributed by atoms with Crippen molar-refractivity contribution in [3.8, 4) is 23.0 Å². The summed E-state index contributed by atoms with van der Waals surface area (Å²) in [6.45, 7) is 29.6. The number of aromatic nitrogens is 3. The number of rotatable bonds is 6. The molecule has 0 N–H and O–H groups in total. The third-order valence-electron chi connectivity index (χ3n) is 14.0. The molecule has 6 nitrogen and oxygen atoms in total. The molecule has 4 heterocycles. The first kappa shape index (κ1) is 48.0. The molecule has 0 unspecified atom stereocenters. The van der Waals surface area contributed by atoms with Crippen LogP contribution in [0.25, 0.3) is 55.1 Å². The molecule has 71 heavy (non-hydrogen) atoms. The molecule has 11 rings (SSSR count). The second-order valence-electron chi connectivity index (χ2n) is 23.2. The zero-order valence-electron chi connectivity index (χ0n) is 43.0. The third kappa shape index (κ3) is 8.52. The van der Waals surface area contributed by atoms with Crippen LogP contribution in [-0.4, -0.2) is 14.1 Å². The minimum Gasteiger partial charge on any atom is -0.509 e. The van der Waals surface area contributed by atoms with Crippen molar-refractivity contribution in [3.63, 3.8) is 0 Å². The summed E-state index contributed by atoms with van der Waals surface area (Å²) < 4.78 is 11.4. The predicted molar refractivity (Wildman–Crippen MR) is 293 cm³/mol. The van der Waals surface area contributed by atoms with E-state index < -0.39 is 0 Å². The van der Waals surface area contributed by atoms with Crippen molar-refractivity contribution in [2.45, 2.75) is 105 Å². The molecule has 3 aromatic heterocycles. The first-order chi connectivity index (χ1) is 33.2. The maximum Gasteiger partial charge on any atom is 0.135 e. The van der Waals surface area contributed by atoms with E-state index in [1.165, 1.54) is 49.7 Å². The molecular weight excluding hydrogens is 1050 g/mol. The summed E-state index contributed by atoms with van der Waals surface area (Å²) in [5.74, 6) is 2.03. The molecule has 0 amide bonds. The maximum absolute atomic E-state index is 6.81. The van der Waals surface area contributed by atoms with E-state index in [4.69, 9.17) is 9.72 Å². The standard InChI is InChI=1S/C64H62N5O.Pt/c1-61(2,3)41-31-32-65-59(36-41)69-56-30-27-45(68-54-24-15-13-21-49(54)50-22-14-16-25-55(50)68)38-52(56)51-29-28-48(39-58(51)69)70-47-20-17-19-44(37-47)66-40-67(60-53(64(10,11)12)23-18-26-57(60)66)46-34-42(62(4,5)6)33-43(35-46)63(7,8)9;/h13-36,38,40H,1-12H3;/q-3;. The van der Waals surface area contributed by atoms with Gasteiger partial charge in [-0.3, -0.25) is 0 Å². The van der Waals surface area contributed by atoms with Crippen LogP contribution in [0, 0.1) is 18.8 Å². The van der Waals surface area contributed by atoms with E-state index in [1.54, 1.807) is 0 Å². The Morgan fingerprint density at radius 2 is 1.08 bits per heavy atom. The van der Waals surface area contributed by atoms with Crippen LogP contribution >= 0.6 is 0 Å². The summed E-state index contributed by atoms with van der Waals surface area (Å²) in [6.07, 6.45) is 1.92. The molecule has 10 aromatic rings. The maximum atomic E-state index is 6.81. The Labute approximate surface area is 434 Å². The van der Waals surface area contributed by atoms with Gasteiger partial charge in [0.2, 0.25) is 0 Å². The molecule has 1 aliphatic rings. The van der Waals surface area contributed by atoms with E-state index in [1.807, 2.05) is 18.3 Å². The second kappa shape index (κ2) is 17.3. The molecule has 0 fully saturated rings. The molecule has 0 bridgehead atoms. The number of nitrogens with zero attached hydrogens (tertiary/aromatic N) is 5. The van der Waals surface area contributed by atoms with Gasteiger partial charge < -0.3 is 23.7 Å². The molecule has 0 saturated carbocycles. The van der Waals surface area contributed by atoms with Crippen LogP contribution in [0.5, 0.6) is 11.5 Å². The van der Waals surface area contributed by atoms with Crippen molar-refractivity contribution in [2.24, 2.45) is 0 Å². The Bertz CT molecular complexity index is 3590. The molecule has 0 atom stereocenters. The van der Waals surface area contributed by atoms with Crippen LogP contribution in [0.2, 0.25) is 0 Å². The average molecular weight is 1110 g/mol. The van der Waals surface area contributed by atoms with Crippen LogP contribution in [0.4, 0.5) is 22.7 Å². The summed E-state index contributed by atoms with van der Waals surface area (Å²) in [5, 5.41) is 4.64. The number of anilines is 4. The molecule has 0 saturated heterocycles. The van der Waals surface area contributed by atoms with Gasteiger partial charge in [0.15, 0.2) is 0 Å². The smallest absolute Gasteiger partial charge is 0.135 e. The van der Waals surface area contributed by atoms with Gasteiger partial charge in [-0.05, 0) is 110 Å². The topological polar surface area (TPSA) is 38.5 Å². The molecule has 0 spiro atoms. The van der Waals surface area contributed by atoms with Gasteiger partial charge in [-0.15, -0.1) is 48.1 Å². The van der Waals surface area contributed by atoms with E-state index in [9.17, 15) is 0 Å². The monoisotopic (exact) mass is 1110 g/mol. The van der Waals surface area contributed by atoms with Gasteiger partial charge in [0, 0.05) is 77.8 Å². The van der Waals surface area contributed by atoms with E-state index in [-0.39, 0.29) is 42.7 Å². The second-order valence-corrected chi connectivity index (χ2v) is 23.2. The summed E-state index contributed by atoms with van der Waals surface area (Å²) in [7, 11) is 0. The fourth-order valence-electron chi connectivity index (χ4n) is 10.1. The Balaban J connectivity index is 0.00000582. The van der Waals surface area contributed by atoms with Crippen molar-refractivity contribution < 1.29 is 25.8 Å². The number of hydrogen-bond acceptors (Lipinski definition) is 4. The molecule has 7 aromatic carbocycles. The van der Waals surface area contributed by atoms with Gasteiger partial charge >= 0.3 is 0 Å². The van der Waals surface area contributed by atoms with Crippen molar-refractivity contribution in [1.29, 1.82) is 0 Å². The first-order valence-corrected chi connectivity index (χ1v) is 24.6. The van der Waals surface area contributed by atoms with Crippen LogP contribution in [0.1, 0.15) is 105 Å². The first-order valence-electron chi connectivity index (χ1n) is 24.6. The third-order valence-corrected chi connectivity index (χ3v) is 14.0. The average Bonchev–Trinajstić information content (AvgIpc) is 3.98. The van der Waals surface area contributed by atoms with Gasteiger partial charge in [0.25, 0.3) is 0 Å². The molecule has 7 heteroatoms. The number of para-hydroxylation sites is 3. The van der Waals surface area contributed by atoms with Crippen LogP contribution in [-0.2, 0) is 42.7 Å². The fraction of sp³-hybridized carbons (Fsp3) is 0.250. The Morgan fingerprint density at radius 3 is 1.73 bits per heavy atom. The van der Waals surface area contributed by atoms with Gasteiger partial charge in [-0.25, -0.2) is 4.98 Å². The number of ether oxygens (including phenoxy) is 1. The number of benzene rings is 7. The Morgan fingerprint density at radius 1 is 0.465 bits per heavy atom. The van der Waals surface area contributed by atoms with Crippen LogP contribution < -0.4 is 14.5 Å². The molecular formula is C64H62N5OPt-3. The summed E-state index contributed by atoms with van der Waals surface area (Å²) in [5.41, 5.74) is 14.6. The van der Waals surface area contributed by atoms with E-state index in [2.05, 4.69) is 254 Å². The minimum atomic E-state index is -0.107. The van der Waals surface area contributed by atoms with E-state index in [0.29, 0.717) is 11.5 Å². The van der Waals surface area contributed by atoms with Gasteiger partial charge in [0.1, 0.15) is 5.82 Å². The Kier molecular flexibility index (Phi) is 11.7. The summed E-state index contributed by atoms with van der Waals surface area (Å²) in [4.78, 5) is 9.64. The van der Waals surface area contributed by atoms with Crippen LogP contribution in [0.3, 0.4) is 0 Å². The summed E-state index contributed by atoms with van der Waals surface area (Å²) >= 11 is 0. The predicted octanol–water partition coefficient (Wildman–Crippen LogP) is 17.3. The molecule has 0 radical (unpaired) electrons. The van der Waals surface area contributed by atoms with Crippen molar-refractivity contribution in [1.82, 2.24) is 14.1 Å². The van der Waals surface area contributed by atoms with Gasteiger partial charge in [-0.1, -0.05) is 143 Å². The number of pyridine rings is 1. The zero-order valence-corrected chi connectivity index (χ0v) is 45.2. The van der Waals surface area contributed by atoms with E-state index in [0.717, 1.165) is 50.4 Å². The van der Waals surface area contributed by atoms with Crippen molar-refractivity contribution in [3.05, 3.63) is 193 Å². The molecule has 362 valence electrons. The molecule has 1 aliphatic heterocycles. The van der Waals surface area contributed by atoms with Crippen molar-refractivity contribution >= 4 is 66.4 Å². The molecule has 0 aliphatic carbocycles. The zero-order chi connectivity index (χ0) is 49.1. The largest absolute Gasteiger partial charge is 0.509 e. The number of fused-ring (bicyclic) bond motifs is 7. The quantitative estimate of drug-likeness (QED) is 0.156. The van der Waals surface area contributed by atoms with Crippen molar-refractivity contribution in [2.75, 3.05) is 9.80 Å². The van der Waals surface area contributed by atoms with Gasteiger partial charge in [0.05, 0.1) is 11.0 Å². The number of hydrogen-bond donors (Lipinski definition) is 0. The van der Waals surface area contributed by atoms with Gasteiger partial charge in [-0.2, -0.15) is 12.1 Å². The Hall–Kier alpha value is -6.62. The minimum absolute atomic E-state index is 0. The van der Waals surface area contributed by atoms with Crippen LogP contribution in [0.15, 0.2) is 152 Å². The normalized spacial score (nSPS) is 13.4. The SMILES string of the molecule is CC(C)(C)c1cc(N2[CH-]N(c3[c-]c(Oc4[c-]c5c(cc4)c4cc(-n6c7ccccc7c7ccccc76)ccc4n5-c4cc(C(C)(C)C)ccn4)ccc3)c3cccc(C(C)(C)C)c32)cc(C(C)(C)C)c1.[Pt]. The van der Waals surface area contributed by atoms with E-state index >= 15 is 0 Å². The summed E-state index contributed by atoms with van der Waals surface area (Å²) in [6, 6.07) is 60.0.